The molecule has 4 aromatic heterocycles. The van der Waals surface area contributed by atoms with Crippen LogP contribution in [0.25, 0.3) is 166 Å². The average Bonchev–Trinajstić information content (AvgIpc) is 1.59. The van der Waals surface area contributed by atoms with Crippen LogP contribution in [0.2, 0.25) is 0 Å². The van der Waals surface area contributed by atoms with Gasteiger partial charge in [-0.1, -0.05) is 200 Å². The van der Waals surface area contributed by atoms with E-state index in [4.69, 9.17) is 27.6 Å². The fourth-order valence-electron chi connectivity index (χ4n) is 14.7. The molecule has 16 aromatic carbocycles. The molecule has 8 heteroatoms. The zero-order valence-corrected chi connectivity index (χ0v) is 54.9. The Labute approximate surface area is 586 Å². The van der Waals surface area contributed by atoms with Crippen molar-refractivity contribution in [2.45, 2.75) is 0 Å². The normalized spacial score (nSPS) is 11.7. The second-order valence-corrected chi connectivity index (χ2v) is 26.1. The number of hydrogen-bond donors (Lipinski definition) is 0. The molecule has 0 spiro atoms. The van der Waals surface area contributed by atoms with Crippen LogP contribution in [0.4, 0.5) is 34.1 Å². The highest BCUT2D eigenvalue weighted by Crippen LogP contribution is 2.45. The molecule has 478 valence electrons. The first-order chi connectivity index (χ1) is 50.4. The predicted octanol–water partition coefficient (Wildman–Crippen LogP) is 26.7. The third-order valence-corrected chi connectivity index (χ3v) is 19.9. The summed E-state index contributed by atoms with van der Waals surface area (Å²) in [5.41, 5.74) is 25.1. The molecule has 0 aliphatic carbocycles. The standard InChI is InChI=1S/C94H58N4O4/c1-3-13-59(14-4-1)62-33-39-75(40-34-62)97(76-41-35-64(36-42-76)73-31-27-60-15-7-9-19-68(60)50-73)79-45-47-87-81(53-79)83-56-92-86(58-90(83)99-87)96-94(102-92)67-29-25-63(26-30-67)70-21-11-22-71(49-70)72-23-12-24-78(52-72)98(77-43-37-65(38-44-77)74-32-28-61-16-8-10-20-69(61)51-74)80-46-48-88-82(54-80)84-55-91-85(57-89(84)100-88)95-93(101-91)66-17-5-2-6-18-66/h1-58H. The topological polar surface area (TPSA) is 84.8 Å². The minimum Gasteiger partial charge on any atom is -0.456 e. The summed E-state index contributed by atoms with van der Waals surface area (Å²) in [4.78, 5) is 14.5. The van der Waals surface area contributed by atoms with E-state index in [0.717, 1.165) is 145 Å². The number of aromatic nitrogens is 2. The summed E-state index contributed by atoms with van der Waals surface area (Å²) >= 11 is 0. The van der Waals surface area contributed by atoms with Crippen molar-refractivity contribution in [2.75, 3.05) is 9.80 Å². The Balaban J connectivity index is 0.604. The molecule has 8 nitrogen and oxygen atoms in total. The molecule has 20 rings (SSSR count). The van der Waals surface area contributed by atoms with Crippen molar-refractivity contribution in [2.24, 2.45) is 0 Å². The largest absolute Gasteiger partial charge is 0.456 e. The maximum atomic E-state index is 6.66. The Morgan fingerprint density at radius 2 is 0.500 bits per heavy atom. The lowest BCUT2D eigenvalue weighted by Crippen LogP contribution is -2.10. The van der Waals surface area contributed by atoms with E-state index < -0.39 is 0 Å². The summed E-state index contributed by atoms with van der Waals surface area (Å²) in [6.07, 6.45) is 0. The second-order valence-electron chi connectivity index (χ2n) is 26.1. The third kappa shape index (κ3) is 10.5. The van der Waals surface area contributed by atoms with Gasteiger partial charge in [-0.05, 0) is 217 Å². The molecule has 0 unspecified atom stereocenters. The second kappa shape index (κ2) is 24.0. The lowest BCUT2D eigenvalue weighted by atomic mass is 9.97. The van der Waals surface area contributed by atoms with Gasteiger partial charge in [0.2, 0.25) is 11.8 Å². The number of rotatable bonds is 13. The maximum absolute atomic E-state index is 6.66. The quantitative estimate of drug-likeness (QED) is 0.113. The van der Waals surface area contributed by atoms with Crippen LogP contribution >= 0.6 is 0 Å². The first-order valence-corrected chi connectivity index (χ1v) is 34.3. The zero-order valence-electron chi connectivity index (χ0n) is 54.9. The molecule has 20 aromatic rings. The molecule has 0 aliphatic heterocycles. The predicted molar refractivity (Wildman–Crippen MR) is 419 cm³/mol. The van der Waals surface area contributed by atoms with Crippen molar-refractivity contribution in [3.63, 3.8) is 0 Å². The van der Waals surface area contributed by atoms with Crippen molar-refractivity contribution in [1.29, 1.82) is 0 Å². The molecule has 102 heavy (non-hydrogen) atoms. The van der Waals surface area contributed by atoms with E-state index in [1.54, 1.807) is 0 Å². The molecule has 0 radical (unpaired) electrons. The average molecular weight is 1310 g/mol. The van der Waals surface area contributed by atoms with Crippen LogP contribution in [0.1, 0.15) is 0 Å². The Morgan fingerprint density at radius 1 is 0.176 bits per heavy atom. The summed E-state index contributed by atoms with van der Waals surface area (Å²) in [7, 11) is 0. The van der Waals surface area contributed by atoms with Gasteiger partial charge in [-0.3, -0.25) is 0 Å². The van der Waals surface area contributed by atoms with Gasteiger partial charge < -0.3 is 27.5 Å². The van der Waals surface area contributed by atoms with E-state index in [9.17, 15) is 0 Å². The third-order valence-electron chi connectivity index (χ3n) is 19.9. The lowest BCUT2D eigenvalue weighted by Gasteiger charge is -2.26. The van der Waals surface area contributed by atoms with Crippen LogP contribution in [0.15, 0.2) is 370 Å². The van der Waals surface area contributed by atoms with E-state index >= 15 is 0 Å². The molecule has 0 aliphatic rings. The number of fused-ring (bicyclic) bond motifs is 10. The highest BCUT2D eigenvalue weighted by atomic mass is 16.4. The Morgan fingerprint density at radius 3 is 1.00 bits per heavy atom. The molecule has 0 fully saturated rings. The fraction of sp³-hybridized carbons (Fsp3) is 0. The number of furan rings is 2. The van der Waals surface area contributed by atoms with E-state index in [-0.39, 0.29) is 0 Å². The van der Waals surface area contributed by atoms with E-state index in [0.29, 0.717) is 22.9 Å². The summed E-state index contributed by atoms with van der Waals surface area (Å²) in [5, 5.41) is 8.74. The molecular weight excluding hydrogens is 1250 g/mol. The first-order valence-electron chi connectivity index (χ1n) is 34.3. The summed E-state index contributed by atoms with van der Waals surface area (Å²) in [6.45, 7) is 0. The number of anilines is 6. The van der Waals surface area contributed by atoms with Gasteiger partial charge in [0.25, 0.3) is 0 Å². The molecule has 0 bridgehead atoms. The molecule has 0 atom stereocenters. The SMILES string of the molecule is c1ccc(-c2ccc(N(c3ccc(-c4ccc5ccccc5c4)cc3)c3ccc4oc5cc6nc(-c7ccc(-c8cccc(-c9cccc(N(c%10ccc(-c%11ccc%12ccccc%12c%11)cc%10)c%10ccc%11oc%12cc%13nc(-c%14ccccc%14)oc%13cc%12c%11c%10)c9)c8)cc7)oc6cc5c4c3)cc2)cc1. The van der Waals surface area contributed by atoms with Crippen molar-refractivity contribution < 1.29 is 17.7 Å². The van der Waals surface area contributed by atoms with Crippen LogP contribution in [0, 0.1) is 0 Å². The van der Waals surface area contributed by atoms with Gasteiger partial charge in [0.1, 0.15) is 33.4 Å². The molecule has 0 N–H and O–H groups in total. The summed E-state index contributed by atoms with van der Waals surface area (Å²) < 4.78 is 26.2. The highest BCUT2D eigenvalue weighted by Gasteiger charge is 2.22. The Hall–Kier alpha value is -13.8. The number of hydrogen-bond acceptors (Lipinski definition) is 8. The highest BCUT2D eigenvalue weighted by molar-refractivity contribution is 6.12. The van der Waals surface area contributed by atoms with E-state index in [2.05, 4.69) is 319 Å². The van der Waals surface area contributed by atoms with E-state index in [1.165, 1.54) is 32.7 Å². The van der Waals surface area contributed by atoms with Gasteiger partial charge in [-0.15, -0.1) is 0 Å². The molecule has 0 saturated heterocycles. The Bertz CT molecular complexity index is 6610. The molecule has 0 saturated carbocycles. The van der Waals surface area contributed by atoms with Crippen LogP contribution in [0.5, 0.6) is 0 Å². The lowest BCUT2D eigenvalue weighted by molar-refractivity contribution is 0.619. The van der Waals surface area contributed by atoms with Gasteiger partial charge >= 0.3 is 0 Å². The van der Waals surface area contributed by atoms with Crippen LogP contribution < -0.4 is 9.80 Å². The van der Waals surface area contributed by atoms with Crippen molar-refractivity contribution in [3.05, 3.63) is 352 Å². The molecule has 4 heterocycles. The monoisotopic (exact) mass is 1310 g/mol. The van der Waals surface area contributed by atoms with Crippen molar-refractivity contribution in [3.8, 4) is 78.5 Å². The van der Waals surface area contributed by atoms with Gasteiger partial charge in [0.05, 0.1) is 0 Å². The van der Waals surface area contributed by atoms with Crippen LogP contribution in [-0.2, 0) is 0 Å². The van der Waals surface area contributed by atoms with Gasteiger partial charge in [-0.2, -0.15) is 0 Å². The van der Waals surface area contributed by atoms with Crippen molar-refractivity contribution >= 4 is 122 Å². The minimum absolute atomic E-state index is 0.537. The van der Waals surface area contributed by atoms with Crippen LogP contribution in [0.3, 0.4) is 0 Å². The fourth-order valence-corrected chi connectivity index (χ4v) is 14.7. The summed E-state index contributed by atoms with van der Waals surface area (Å²) in [6, 6.07) is 124. The maximum Gasteiger partial charge on any atom is 0.227 e. The zero-order chi connectivity index (χ0) is 67.2. The smallest absolute Gasteiger partial charge is 0.227 e. The summed E-state index contributed by atoms with van der Waals surface area (Å²) in [5.74, 6) is 1.11. The van der Waals surface area contributed by atoms with Crippen molar-refractivity contribution in [1.82, 2.24) is 9.97 Å². The molecule has 0 amide bonds. The van der Waals surface area contributed by atoms with Gasteiger partial charge in [-0.25, -0.2) is 9.97 Å². The first kappa shape index (κ1) is 58.3. The van der Waals surface area contributed by atoms with Gasteiger partial charge in [0, 0.05) is 78.9 Å². The van der Waals surface area contributed by atoms with E-state index in [1.807, 2.05) is 42.5 Å². The Kier molecular flexibility index (Phi) is 13.7. The van der Waals surface area contributed by atoms with Gasteiger partial charge in [0.15, 0.2) is 11.2 Å². The number of oxazole rings is 2. The van der Waals surface area contributed by atoms with Crippen LogP contribution in [-0.4, -0.2) is 9.97 Å². The molecular formula is C94H58N4O4. The minimum atomic E-state index is 0.537. The number of benzene rings is 16. The number of nitrogens with zero attached hydrogens (tertiary/aromatic N) is 4.